The molecule has 4 nitrogen and oxygen atoms in total. The Morgan fingerprint density at radius 3 is 1.07 bits per heavy atom. The van der Waals surface area contributed by atoms with Crippen molar-refractivity contribution in [2.75, 3.05) is 9.80 Å². The van der Waals surface area contributed by atoms with Crippen LogP contribution in [0.3, 0.4) is 0 Å². The molecule has 15 aromatic carbocycles. The Labute approximate surface area is 620 Å². The van der Waals surface area contributed by atoms with Crippen LogP contribution in [0.4, 0.5) is 34.1 Å². The zero-order valence-corrected chi connectivity index (χ0v) is 52.8. The van der Waals surface area contributed by atoms with E-state index < -0.39 is 271 Å². The number of para-hydroxylation sites is 4. The predicted octanol–water partition coefficient (Wildman–Crippen LogP) is 23.5. The Bertz CT molecular complexity index is 7260. The van der Waals surface area contributed by atoms with Crippen molar-refractivity contribution in [3.05, 3.63) is 357 Å². The first-order valence-electron chi connectivity index (χ1n) is 47.3. The van der Waals surface area contributed by atoms with Gasteiger partial charge in [0.25, 0.3) is 6.71 Å². The van der Waals surface area contributed by atoms with E-state index in [1.807, 2.05) is 184 Å². The van der Waals surface area contributed by atoms with Gasteiger partial charge in [0.15, 0.2) is 0 Å². The van der Waals surface area contributed by atoms with Gasteiger partial charge in [-0.3, -0.25) is 0 Å². The van der Waals surface area contributed by atoms with E-state index in [4.69, 9.17) is 13.7 Å². The molecule has 0 saturated carbocycles. The summed E-state index contributed by atoms with van der Waals surface area (Å²) in [6.07, 6.45) is 0.436. The zero-order valence-electron chi connectivity index (χ0n) is 82.8. The quantitative estimate of drug-likeness (QED) is 0.113. The normalized spacial score (nSPS) is 16.9. The molecule has 0 saturated heterocycles. The van der Waals surface area contributed by atoms with Gasteiger partial charge in [-0.25, -0.2) is 0 Å². The molecule has 0 amide bonds. The van der Waals surface area contributed by atoms with Crippen LogP contribution in [0.15, 0.2) is 351 Å². The summed E-state index contributed by atoms with van der Waals surface area (Å²) >= 11 is 0. The van der Waals surface area contributed by atoms with Crippen LogP contribution in [0.1, 0.15) is 72.9 Å². The lowest BCUT2D eigenvalue weighted by Gasteiger charge is -2.46. The van der Waals surface area contributed by atoms with E-state index in [2.05, 4.69) is 0 Å². The third-order valence-electron chi connectivity index (χ3n) is 18.9. The van der Waals surface area contributed by atoms with Crippen LogP contribution >= 0.6 is 0 Å². The molecule has 2 aliphatic heterocycles. The van der Waals surface area contributed by atoms with Crippen molar-refractivity contribution in [3.63, 3.8) is 0 Å². The largest absolute Gasteiger partial charge is 0.310 e. The van der Waals surface area contributed by atoms with E-state index in [0.29, 0.717) is 67.9 Å². The second-order valence-electron chi connectivity index (χ2n) is 24.3. The van der Waals surface area contributed by atoms with Gasteiger partial charge in [0, 0.05) is 77.9 Å². The molecular formula is C94H67BN4. The van der Waals surface area contributed by atoms with Gasteiger partial charge in [0.1, 0.15) is 0 Å². The van der Waals surface area contributed by atoms with Crippen LogP contribution in [0, 0.1) is 0 Å². The molecule has 2 aromatic heterocycles. The summed E-state index contributed by atoms with van der Waals surface area (Å²) in [5.74, 6) is -0.447. The molecule has 5 heteroatoms. The number of benzene rings is 15. The number of hydrogen-bond acceptors (Lipinski definition) is 2. The van der Waals surface area contributed by atoms with Gasteiger partial charge in [-0.15, -0.1) is 0 Å². The van der Waals surface area contributed by atoms with E-state index in [9.17, 15) is 27.4 Å². The molecule has 0 bridgehead atoms. The van der Waals surface area contributed by atoms with E-state index in [1.165, 1.54) is 0 Å². The Balaban J connectivity index is 1.05. The molecule has 17 aromatic rings. The molecule has 1 unspecified atom stereocenters. The van der Waals surface area contributed by atoms with Gasteiger partial charge in [-0.1, -0.05) is 292 Å². The first-order chi connectivity index (χ1) is 61.5. The fourth-order valence-electron chi connectivity index (χ4n) is 14.2. The lowest BCUT2D eigenvalue weighted by Crippen LogP contribution is -2.61. The van der Waals surface area contributed by atoms with Gasteiger partial charge in [-0.05, 0) is 151 Å². The second kappa shape index (κ2) is 23.7. The molecule has 19 rings (SSSR count). The summed E-state index contributed by atoms with van der Waals surface area (Å²) in [7, 11) is 0. The van der Waals surface area contributed by atoms with E-state index in [0.717, 1.165) is 9.13 Å². The number of anilines is 6. The Morgan fingerprint density at radius 2 is 0.687 bits per heavy atom. The average Bonchev–Trinajstić information content (AvgIpc) is 1.67. The van der Waals surface area contributed by atoms with Crippen molar-refractivity contribution in [2.24, 2.45) is 0 Å². The smallest absolute Gasteiger partial charge is 0.252 e. The first kappa shape index (κ1) is 35.0. The number of rotatable bonds is 12. The highest BCUT2D eigenvalue weighted by atomic mass is 15.2. The number of aromatic nitrogens is 2. The van der Waals surface area contributed by atoms with E-state index >= 15 is 0 Å². The fraction of sp³-hybridized carbons (Fsp3) is 0.0426. The molecule has 4 heterocycles. The van der Waals surface area contributed by atoms with Crippen molar-refractivity contribution in [1.82, 2.24) is 9.13 Å². The van der Waals surface area contributed by atoms with Crippen molar-refractivity contribution in [2.45, 2.75) is 26.2 Å². The highest BCUT2D eigenvalue weighted by molar-refractivity contribution is 7.00. The first-order valence-corrected chi connectivity index (χ1v) is 32.3. The van der Waals surface area contributed by atoms with Crippen LogP contribution in [0.5, 0.6) is 0 Å². The summed E-state index contributed by atoms with van der Waals surface area (Å²) < 4.78 is 297. The Morgan fingerprint density at radius 1 is 0.323 bits per heavy atom. The standard InChI is InChI=1S/C94H67BN4/c1-3-62(2)71-58-90-92-91(59-71)99(94-76(67-36-18-8-19-37-67)44-27-45-77(94)68-38-20-9-21-39-68)89-61-73(97-85-47-25-23-41-79(85)81-57-70(49-55-87(81)97)64-30-12-5-13-31-64)51-53-83(89)95(92)82-52-50-72(96-84-46-24-22-40-78(84)80-56-69(48-54-86(80)96)63-28-10-4-11-29-63)60-88(82)98(90)93-74(65-32-14-6-15-33-65)42-26-43-75(93)66-34-16-7-17-35-66/h4-62H,3H2,1-2H3/i4D,5D,10D,11D,12D,13D,22D,23D,24D,25D,28D,29D,30D,31D,40D,41D,46D,47D,48D,49D,50D,51D,52D,53D,54D,55D,56D,57D,60D,61D. The van der Waals surface area contributed by atoms with Crippen molar-refractivity contribution < 1.29 is 41.1 Å². The number of nitrogens with zero attached hydrogens (tertiary/aromatic N) is 4. The van der Waals surface area contributed by atoms with Crippen molar-refractivity contribution in [1.29, 1.82) is 0 Å². The van der Waals surface area contributed by atoms with Crippen LogP contribution in [0.25, 0.3) is 122 Å². The minimum absolute atomic E-state index is 0.224. The van der Waals surface area contributed by atoms with Crippen LogP contribution < -0.4 is 26.2 Å². The number of hydrogen-bond donors (Lipinski definition) is 0. The maximum atomic E-state index is 11.7. The van der Waals surface area contributed by atoms with Crippen LogP contribution in [0.2, 0.25) is 0 Å². The third kappa shape index (κ3) is 9.44. The highest BCUT2D eigenvalue weighted by Gasteiger charge is 2.46. The Hall–Kier alpha value is -12.4. The fourth-order valence-corrected chi connectivity index (χ4v) is 14.2. The van der Waals surface area contributed by atoms with Crippen LogP contribution in [-0.2, 0) is 0 Å². The molecule has 0 aliphatic carbocycles. The summed E-state index contributed by atoms with van der Waals surface area (Å²) in [6, 6.07) is 26.2. The monoisotopic (exact) mass is 1290 g/mol. The average molecular weight is 1290 g/mol. The van der Waals surface area contributed by atoms with Gasteiger partial charge >= 0.3 is 0 Å². The molecule has 466 valence electrons. The molecule has 1 atom stereocenters. The second-order valence-corrected chi connectivity index (χ2v) is 24.3. The number of fused-ring (bicyclic) bond motifs is 10. The molecule has 0 radical (unpaired) electrons. The molecular weight excluding hydrogens is 1200 g/mol. The Kier molecular flexibility index (Phi) is 8.39. The van der Waals surface area contributed by atoms with Crippen molar-refractivity contribution in [3.8, 4) is 78.1 Å². The van der Waals surface area contributed by atoms with Gasteiger partial charge in [0.2, 0.25) is 0 Å². The third-order valence-corrected chi connectivity index (χ3v) is 18.9. The van der Waals surface area contributed by atoms with E-state index in [-0.39, 0.29) is 39.1 Å². The molecule has 99 heavy (non-hydrogen) atoms. The summed E-state index contributed by atoms with van der Waals surface area (Å²) in [6.45, 7) is 2.21. The minimum Gasteiger partial charge on any atom is -0.310 e. The SMILES string of the molecule is [2H]c1c([2H])c([2H])c(-c2c([2H])c([2H])c3c(c2[2H])c2c([2H])c([2H])c([2H])c([2H])c2n3-c2c([2H])c([2H])c3c(c2[2H])N(c2c(-c4ccccc4)cccc2-c2ccccc2)c2cc(C(C)CC)cc4c2B3c2c([2H])c([2H])c(-n3c5c([2H])c([2H])c([2H])c([2H])c5c5c([2H])c(-c6c([2H])c([2H])c([2H])c([2H])c6[2H])c([2H])c([2H])c53)c([2H])c2N4c2c(-c3ccccc3)cccc2-c2ccccc2)c([2H])c1[2H]. The maximum Gasteiger partial charge on any atom is 0.252 e. The van der Waals surface area contributed by atoms with Crippen LogP contribution in [-0.4, -0.2) is 15.8 Å². The van der Waals surface area contributed by atoms with Crippen molar-refractivity contribution >= 4 is 101 Å². The summed E-state index contributed by atoms with van der Waals surface area (Å²) in [4.78, 5) is 3.56. The highest BCUT2D eigenvalue weighted by Crippen LogP contribution is 2.54. The lowest BCUT2D eigenvalue weighted by molar-refractivity contribution is 0.734. The minimum atomic E-state index is -1.75. The van der Waals surface area contributed by atoms with Gasteiger partial charge < -0.3 is 18.9 Å². The zero-order chi connectivity index (χ0) is 91.8. The van der Waals surface area contributed by atoms with Gasteiger partial charge in [0.05, 0.1) is 74.6 Å². The molecule has 0 fully saturated rings. The molecule has 0 N–H and O–H groups in total. The predicted molar refractivity (Wildman–Crippen MR) is 420 cm³/mol. The topological polar surface area (TPSA) is 16.3 Å². The summed E-state index contributed by atoms with van der Waals surface area (Å²) in [5.41, 5.74) is -1.25. The summed E-state index contributed by atoms with van der Waals surface area (Å²) in [5, 5.41) is -2.11. The lowest BCUT2D eigenvalue weighted by atomic mass is 9.33. The molecule has 2 aliphatic rings. The van der Waals surface area contributed by atoms with Gasteiger partial charge in [-0.2, -0.15) is 0 Å². The molecule has 0 spiro atoms. The van der Waals surface area contributed by atoms with E-state index in [1.54, 1.807) is 9.80 Å². The maximum absolute atomic E-state index is 11.7.